The fourth-order valence-corrected chi connectivity index (χ4v) is 3.49. The van der Waals surface area contributed by atoms with Gasteiger partial charge in [0.1, 0.15) is 9.21 Å². The number of thiazole rings is 2. The van der Waals surface area contributed by atoms with Gasteiger partial charge in [0.25, 0.3) is 0 Å². The van der Waals surface area contributed by atoms with E-state index in [4.69, 9.17) is 16.7 Å². The lowest BCUT2D eigenvalue weighted by molar-refractivity contribution is 0.0700. The highest BCUT2D eigenvalue weighted by Crippen LogP contribution is 2.44. The molecule has 0 bridgehead atoms. The van der Waals surface area contributed by atoms with E-state index in [2.05, 4.69) is 9.97 Å². The summed E-state index contributed by atoms with van der Waals surface area (Å²) in [5.74, 6) is -0.583. The zero-order valence-electron chi connectivity index (χ0n) is 8.51. The normalized spacial score (nSPS) is 15.1. The summed E-state index contributed by atoms with van der Waals surface area (Å²) in [5, 5.41) is 10.5. The average Bonchev–Trinajstić information content (AvgIpc) is 2.87. The molecule has 0 unspecified atom stereocenters. The van der Waals surface area contributed by atoms with Gasteiger partial charge in [-0.25, -0.2) is 14.8 Å². The molecule has 2 heterocycles. The van der Waals surface area contributed by atoms with Gasteiger partial charge in [0.15, 0.2) is 10.0 Å². The quantitative estimate of drug-likeness (QED) is 0.938. The minimum Gasteiger partial charge on any atom is -0.477 e. The second-order valence-corrected chi connectivity index (χ2v) is 6.44. The highest BCUT2D eigenvalue weighted by atomic mass is 35.5. The first-order valence-electron chi connectivity index (χ1n) is 5.01. The number of carboxylic acids is 1. The number of carbonyl (C=O) groups is 1. The summed E-state index contributed by atoms with van der Waals surface area (Å²) in [7, 11) is 0. The van der Waals surface area contributed by atoms with Crippen molar-refractivity contribution in [1.29, 1.82) is 0 Å². The third-order valence-electron chi connectivity index (χ3n) is 2.47. The second kappa shape index (κ2) is 4.04. The summed E-state index contributed by atoms with van der Waals surface area (Å²) in [4.78, 5) is 20.0. The predicted molar refractivity (Wildman–Crippen MR) is 67.2 cm³/mol. The molecule has 0 spiro atoms. The van der Waals surface area contributed by atoms with E-state index in [0.29, 0.717) is 30.8 Å². The number of aromatic nitrogens is 2. The Morgan fingerprint density at radius 3 is 2.71 bits per heavy atom. The Hall–Kier alpha value is -0.980. The van der Waals surface area contributed by atoms with Crippen LogP contribution in [0.15, 0.2) is 6.20 Å². The van der Waals surface area contributed by atoms with Gasteiger partial charge in [-0.05, 0) is 12.8 Å². The molecule has 1 saturated carbocycles. The smallest absolute Gasteiger partial charge is 0.347 e. The number of nitrogens with zero attached hydrogens (tertiary/aromatic N) is 2. The van der Waals surface area contributed by atoms with Crippen molar-refractivity contribution in [3.63, 3.8) is 0 Å². The molecule has 0 amide bonds. The fraction of sp³-hybridized carbons (Fsp3) is 0.300. The number of halogens is 1. The SMILES string of the molecule is O=C(O)c1sc(-c2ncc(Cl)s2)nc1C1CC1. The van der Waals surface area contributed by atoms with Crippen LogP contribution in [0.4, 0.5) is 0 Å². The molecule has 3 rings (SSSR count). The maximum atomic E-state index is 11.1. The molecule has 2 aromatic rings. The van der Waals surface area contributed by atoms with E-state index in [1.165, 1.54) is 22.7 Å². The van der Waals surface area contributed by atoms with Crippen LogP contribution in [0.2, 0.25) is 4.34 Å². The lowest BCUT2D eigenvalue weighted by Crippen LogP contribution is -1.97. The van der Waals surface area contributed by atoms with Crippen LogP contribution < -0.4 is 0 Å². The van der Waals surface area contributed by atoms with Gasteiger partial charge in [0.2, 0.25) is 0 Å². The van der Waals surface area contributed by atoms with Crippen LogP contribution in [-0.4, -0.2) is 21.0 Å². The third kappa shape index (κ3) is 2.08. The van der Waals surface area contributed by atoms with Crippen LogP contribution in [0.5, 0.6) is 0 Å². The van der Waals surface area contributed by atoms with Gasteiger partial charge in [0.05, 0.1) is 11.9 Å². The first-order valence-corrected chi connectivity index (χ1v) is 7.02. The van der Waals surface area contributed by atoms with E-state index in [0.717, 1.165) is 12.8 Å². The minimum atomic E-state index is -0.904. The van der Waals surface area contributed by atoms with Crippen molar-refractivity contribution in [3.05, 3.63) is 21.1 Å². The number of rotatable bonds is 3. The maximum Gasteiger partial charge on any atom is 0.347 e. The van der Waals surface area contributed by atoms with Crippen LogP contribution in [0, 0.1) is 0 Å². The van der Waals surface area contributed by atoms with E-state index in [-0.39, 0.29) is 0 Å². The van der Waals surface area contributed by atoms with Gasteiger partial charge in [-0.2, -0.15) is 0 Å². The summed E-state index contributed by atoms with van der Waals surface area (Å²) in [5.41, 5.74) is 0.712. The van der Waals surface area contributed by atoms with Crippen molar-refractivity contribution < 1.29 is 9.90 Å². The maximum absolute atomic E-state index is 11.1. The molecule has 7 heteroatoms. The number of hydrogen-bond donors (Lipinski definition) is 1. The monoisotopic (exact) mass is 286 g/mol. The van der Waals surface area contributed by atoms with Gasteiger partial charge >= 0.3 is 5.97 Å². The van der Waals surface area contributed by atoms with E-state index >= 15 is 0 Å². The van der Waals surface area contributed by atoms with Gasteiger partial charge < -0.3 is 5.11 Å². The van der Waals surface area contributed by atoms with Crippen molar-refractivity contribution in [3.8, 4) is 10.0 Å². The Morgan fingerprint density at radius 1 is 1.41 bits per heavy atom. The molecule has 1 aliphatic rings. The minimum absolute atomic E-state index is 0.321. The van der Waals surface area contributed by atoms with Gasteiger partial charge in [-0.1, -0.05) is 22.9 Å². The van der Waals surface area contributed by atoms with Crippen molar-refractivity contribution in [2.24, 2.45) is 0 Å². The molecule has 1 fully saturated rings. The number of carboxylic acid groups (broad SMARTS) is 1. The Morgan fingerprint density at radius 2 is 2.18 bits per heavy atom. The Labute approximate surface area is 110 Å². The van der Waals surface area contributed by atoms with E-state index < -0.39 is 5.97 Å². The summed E-state index contributed by atoms with van der Waals surface area (Å²) in [6.45, 7) is 0. The topological polar surface area (TPSA) is 63.1 Å². The largest absolute Gasteiger partial charge is 0.477 e. The zero-order chi connectivity index (χ0) is 12.0. The molecule has 17 heavy (non-hydrogen) atoms. The van der Waals surface area contributed by atoms with Crippen LogP contribution in [0.1, 0.15) is 34.1 Å². The molecule has 1 N–H and O–H groups in total. The third-order valence-corrected chi connectivity index (χ3v) is 4.79. The van der Waals surface area contributed by atoms with E-state index in [1.54, 1.807) is 6.20 Å². The van der Waals surface area contributed by atoms with E-state index in [1.807, 2.05) is 0 Å². The molecular formula is C10H7ClN2O2S2. The highest BCUT2D eigenvalue weighted by Gasteiger charge is 2.32. The van der Waals surface area contributed by atoms with Gasteiger partial charge in [0, 0.05) is 5.92 Å². The second-order valence-electron chi connectivity index (χ2n) is 3.78. The fourth-order valence-electron chi connectivity index (χ4n) is 1.56. The molecule has 0 aromatic carbocycles. The Balaban J connectivity index is 2.06. The number of hydrogen-bond acceptors (Lipinski definition) is 5. The lowest BCUT2D eigenvalue weighted by atomic mass is 10.2. The molecule has 4 nitrogen and oxygen atoms in total. The van der Waals surface area contributed by atoms with Crippen LogP contribution in [0.25, 0.3) is 10.0 Å². The Kier molecular flexibility index (Phi) is 2.65. The summed E-state index contributed by atoms with van der Waals surface area (Å²) >= 11 is 8.31. The molecular weight excluding hydrogens is 280 g/mol. The van der Waals surface area contributed by atoms with Crippen molar-refractivity contribution in [2.45, 2.75) is 18.8 Å². The molecule has 88 valence electrons. The van der Waals surface area contributed by atoms with Crippen molar-refractivity contribution in [1.82, 2.24) is 9.97 Å². The highest BCUT2D eigenvalue weighted by molar-refractivity contribution is 7.24. The van der Waals surface area contributed by atoms with Gasteiger partial charge in [-0.15, -0.1) is 11.3 Å². The van der Waals surface area contributed by atoms with Crippen molar-refractivity contribution >= 4 is 40.2 Å². The van der Waals surface area contributed by atoms with Crippen LogP contribution in [-0.2, 0) is 0 Å². The zero-order valence-corrected chi connectivity index (χ0v) is 10.9. The standard InChI is InChI=1S/C10H7ClN2O2S2/c11-5-3-12-8(16-5)9-13-6(4-1-2-4)7(17-9)10(14)15/h3-4H,1-2H2,(H,14,15). The Bertz CT molecular complexity index is 589. The molecule has 0 radical (unpaired) electrons. The van der Waals surface area contributed by atoms with E-state index in [9.17, 15) is 4.79 Å². The first kappa shape index (κ1) is 11.1. The molecule has 1 aliphatic carbocycles. The lowest BCUT2D eigenvalue weighted by Gasteiger charge is -1.91. The molecule has 0 aliphatic heterocycles. The first-order chi connectivity index (χ1) is 8.15. The summed E-state index contributed by atoms with van der Waals surface area (Å²) in [6.07, 6.45) is 3.62. The molecule has 0 atom stereocenters. The summed E-state index contributed by atoms with van der Waals surface area (Å²) in [6, 6.07) is 0. The van der Waals surface area contributed by atoms with Crippen LogP contribution >= 0.6 is 34.3 Å². The van der Waals surface area contributed by atoms with Gasteiger partial charge in [-0.3, -0.25) is 0 Å². The summed E-state index contributed by atoms with van der Waals surface area (Å²) < 4.78 is 0.583. The van der Waals surface area contributed by atoms with Crippen molar-refractivity contribution in [2.75, 3.05) is 0 Å². The molecule has 0 saturated heterocycles. The number of aromatic carboxylic acids is 1. The predicted octanol–water partition coefficient (Wildman–Crippen LogP) is 3.50. The molecule has 2 aromatic heterocycles. The van der Waals surface area contributed by atoms with Crippen LogP contribution in [0.3, 0.4) is 0 Å². The average molecular weight is 287 g/mol.